The number of carbonyl (C=O) groups excluding carboxylic acids is 1. The quantitative estimate of drug-likeness (QED) is 0.483. The lowest BCUT2D eigenvalue weighted by atomic mass is 9.90. The molecule has 0 aliphatic carbocycles. The number of aliphatic hydroxyl groups excluding tert-OH is 1. The Morgan fingerprint density at radius 2 is 1.79 bits per heavy atom. The Bertz CT molecular complexity index is 1210. The summed E-state index contributed by atoms with van der Waals surface area (Å²) in [5, 5.41) is 9.95. The van der Waals surface area contributed by atoms with Crippen LogP contribution in [0.3, 0.4) is 0 Å². The van der Waals surface area contributed by atoms with Gasteiger partial charge >= 0.3 is 16.1 Å². The molecular weight excluding hydrogens is 456 g/mol. The third-order valence-electron chi connectivity index (χ3n) is 6.57. The van der Waals surface area contributed by atoms with Gasteiger partial charge in [0.25, 0.3) is 0 Å². The highest BCUT2D eigenvalue weighted by molar-refractivity contribution is 7.87. The molecule has 1 saturated heterocycles. The molecule has 34 heavy (non-hydrogen) atoms. The summed E-state index contributed by atoms with van der Waals surface area (Å²) in [5.41, 5.74) is 3.73. The van der Waals surface area contributed by atoms with Crippen LogP contribution < -0.4 is 8.92 Å². The van der Waals surface area contributed by atoms with Gasteiger partial charge in [-0.1, -0.05) is 17.7 Å². The van der Waals surface area contributed by atoms with Crippen LogP contribution in [-0.2, 0) is 32.5 Å². The summed E-state index contributed by atoms with van der Waals surface area (Å²) >= 11 is 0. The smallest absolute Gasteiger partial charge is 0.339 e. The molecule has 2 heterocycles. The minimum Gasteiger partial charge on any atom is -0.487 e. The van der Waals surface area contributed by atoms with Crippen LogP contribution in [0.15, 0.2) is 29.2 Å². The number of ether oxygens (including phenoxy) is 2. The molecule has 4 rings (SSSR count). The predicted octanol–water partition coefficient (Wildman–Crippen LogP) is 4.09. The number of carbonyl (C=O) groups is 1. The summed E-state index contributed by atoms with van der Waals surface area (Å²) in [6, 6.07) is 6.55. The minimum absolute atomic E-state index is 0.0155. The van der Waals surface area contributed by atoms with E-state index in [1.54, 1.807) is 24.3 Å². The Kier molecular flexibility index (Phi) is 6.42. The van der Waals surface area contributed by atoms with E-state index in [1.807, 2.05) is 34.6 Å². The number of aliphatic hydroxyl groups is 1. The Labute approximate surface area is 201 Å². The second kappa shape index (κ2) is 8.89. The average molecular weight is 489 g/mol. The van der Waals surface area contributed by atoms with Crippen LogP contribution in [0.1, 0.15) is 60.9 Å². The molecular formula is C26H32O7S. The van der Waals surface area contributed by atoms with Crippen molar-refractivity contribution in [2.45, 2.75) is 89.4 Å². The molecule has 184 valence electrons. The van der Waals surface area contributed by atoms with Gasteiger partial charge in [-0.25, -0.2) is 0 Å². The number of esters is 1. The lowest BCUT2D eigenvalue weighted by Crippen LogP contribution is -2.32. The van der Waals surface area contributed by atoms with Crippen molar-refractivity contribution in [3.05, 3.63) is 52.1 Å². The molecule has 0 spiro atoms. The van der Waals surface area contributed by atoms with Gasteiger partial charge in [0.15, 0.2) is 0 Å². The van der Waals surface area contributed by atoms with Crippen LogP contribution in [0.25, 0.3) is 0 Å². The normalized spacial score (nSPS) is 21.5. The zero-order valence-electron chi connectivity index (χ0n) is 20.3. The van der Waals surface area contributed by atoms with E-state index in [0.717, 1.165) is 28.0 Å². The van der Waals surface area contributed by atoms with Gasteiger partial charge < -0.3 is 18.8 Å². The van der Waals surface area contributed by atoms with Crippen LogP contribution in [0, 0.1) is 20.8 Å². The van der Waals surface area contributed by atoms with Crippen molar-refractivity contribution < 1.29 is 32.0 Å². The maximum atomic E-state index is 13.1. The molecule has 2 aromatic rings. The second-order valence-corrected chi connectivity index (χ2v) is 11.5. The van der Waals surface area contributed by atoms with Gasteiger partial charge in [-0.3, -0.25) is 4.79 Å². The Hall–Kier alpha value is -2.58. The van der Waals surface area contributed by atoms with Crippen molar-refractivity contribution in [1.29, 1.82) is 0 Å². The van der Waals surface area contributed by atoms with Gasteiger partial charge in [-0.15, -0.1) is 0 Å². The fourth-order valence-corrected chi connectivity index (χ4v) is 5.82. The molecule has 0 aromatic heterocycles. The maximum Gasteiger partial charge on any atom is 0.339 e. The van der Waals surface area contributed by atoms with Crippen molar-refractivity contribution in [3.8, 4) is 11.5 Å². The molecule has 8 heteroatoms. The molecule has 2 unspecified atom stereocenters. The number of hydrogen-bond acceptors (Lipinski definition) is 7. The standard InChI is InChI=1S/C26H32O7S/c1-15-6-9-20(10-7-15)34(29,30)33-24-16(2)21(11-8-19-12-18(27)13-23(28)31-19)25-22(17(24)3)14-26(4,5)32-25/h6-7,9-10,18-19,27H,8,11-14H2,1-5H3. The topological polar surface area (TPSA) is 99.1 Å². The molecule has 0 saturated carbocycles. The van der Waals surface area contributed by atoms with E-state index in [9.17, 15) is 18.3 Å². The molecule has 2 aliphatic rings. The summed E-state index contributed by atoms with van der Waals surface area (Å²) < 4.78 is 43.6. The molecule has 2 aliphatic heterocycles. The Morgan fingerprint density at radius 3 is 2.44 bits per heavy atom. The zero-order chi connectivity index (χ0) is 24.8. The fraction of sp³-hybridized carbons (Fsp3) is 0.500. The molecule has 0 radical (unpaired) electrons. The van der Waals surface area contributed by atoms with Gasteiger partial charge in [0.05, 0.1) is 12.5 Å². The van der Waals surface area contributed by atoms with Crippen LogP contribution in [0.2, 0.25) is 0 Å². The lowest BCUT2D eigenvalue weighted by Gasteiger charge is -2.27. The highest BCUT2D eigenvalue weighted by Gasteiger charge is 2.37. The Morgan fingerprint density at radius 1 is 1.12 bits per heavy atom. The summed E-state index contributed by atoms with van der Waals surface area (Å²) in [6.07, 6.45) is 0.910. The summed E-state index contributed by atoms with van der Waals surface area (Å²) in [7, 11) is -4.03. The van der Waals surface area contributed by atoms with Crippen molar-refractivity contribution in [2.24, 2.45) is 0 Å². The molecule has 2 atom stereocenters. The van der Waals surface area contributed by atoms with Gasteiger partial charge in [-0.2, -0.15) is 8.42 Å². The monoisotopic (exact) mass is 488 g/mol. The molecule has 2 aromatic carbocycles. The maximum absolute atomic E-state index is 13.1. The van der Waals surface area contributed by atoms with E-state index < -0.39 is 33.9 Å². The van der Waals surface area contributed by atoms with E-state index in [-0.39, 0.29) is 11.3 Å². The first kappa shape index (κ1) is 24.5. The largest absolute Gasteiger partial charge is 0.487 e. The number of fused-ring (bicyclic) bond motifs is 1. The van der Waals surface area contributed by atoms with Gasteiger partial charge in [0, 0.05) is 29.5 Å². The molecule has 0 amide bonds. The third-order valence-corrected chi connectivity index (χ3v) is 7.81. The SMILES string of the molecule is Cc1ccc(S(=O)(=O)Oc2c(C)c(CCC3CC(O)CC(=O)O3)c3c(c2C)CC(C)(C)O3)cc1. The number of hydrogen-bond donors (Lipinski definition) is 1. The fourth-order valence-electron chi connectivity index (χ4n) is 4.78. The Balaban J connectivity index is 1.70. The molecule has 7 nitrogen and oxygen atoms in total. The first-order chi connectivity index (χ1) is 15.9. The zero-order valence-corrected chi connectivity index (χ0v) is 21.1. The number of aryl methyl sites for hydroxylation is 1. The number of cyclic esters (lactones) is 1. The van der Waals surface area contributed by atoms with E-state index in [1.165, 1.54) is 0 Å². The highest BCUT2D eigenvalue weighted by atomic mass is 32.2. The van der Waals surface area contributed by atoms with Gasteiger partial charge in [-0.05, 0) is 65.2 Å². The molecule has 0 bridgehead atoms. The number of rotatable bonds is 6. The predicted molar refractivity (Wildman–Crippen MR) is 127 cm³/mol. The highest BCUT2D eigenvalue weighted by Crippen LogP contribution is 2.47. The first-order valence-electron chi connectivity index (χ1n) is 11.6. The lowest BCUT2D eigenvalue weighted by molar-refractivity contribution is -0.160. The van der Waals surface area contributed by atoms with Crippen LogP contribution in [0.5, 0.6) is 11.5 Å². The second-order valence-electron chi connectivity index (χ2n) is 10.00. The van der Waals surface area contributed by atoms with Crippen LogP contribution in [0.4, 0.5) is 0 Å². The number of benzene rings is 2. The van der Waals surface area contributed by atoms with Crippen molar-refractivity contribution >= 4 is 16.1 Å². The van der Waals surface area contributed by atoms with E-state index in [4.69, 9.17) is 13.7 Å². The van der Waals surface area contributed by atoms with E-state index in [2.05, 4.69) is 0 Å². The van der Waals surface area contributed by atoms with E-state index >= 15 is 0 Å². The van der Waals surface area contributed by atoms with Crippen molar-refractivity contribution in [1.82, 2.24) is 0 Å². The van der Waals surface area contributed by atoms with Crippen LogP contribution >= 0.6 is 0 Å². The summed E-state index contributed by atoms with van der Waals surface area (Å²) in [4.78, 5) is 11.8. The van der Waals surface area contributed by atoms with E-state index in [0.29, 0.717) is 37.0 Å². The van der Waals surface area contributed by atoms with Crippen LogP contribution in [-0.4, -0.2) is 37.3 Å². The first-order valence-corrected chi connectivity index (χ1v) is 13.0. The molecule has 1 N–H and O–H groups in total. The summed E-state index contributed by atoms with van der Waals surface area (Å²) in [6.45, 7) is 9.57. The van der Waals surface area contributed by atoms with Crippen molar-refractivity contribution in [2.75, 3.05) is 0 Å². The molecule has 1 fully saturated rings. The minimum atomic E-state index is -4.03. The van der Waals surface area contributed by atoms with Gasteiger partial charge in [0.1, 0.15) is 28.1 Å². The van der Waals surface area contributed by atoms with Crippen molar-refractivity contribution in [3.63, 3.8) is 0 Å². The third kappa shape index (κ3) is 4.93. The average Bonchev–Trinajstić information content (AvgIpc) is 3.06. The summed E-state index contributed by atoms with van der Waals surface area (Å²) in [5.74, 6) is 0.666. The van der Waals surface area contributed by atoms with Gasteiger partial charge in [0.2, 0.25) is 0 Å².